The Hall–Kier alpha value is -2.08. The summed E-state index contributed by atoms with van der Waals surface area (Å²) in [4.78, 5) is 12.3. The number of methoxy groups -OCH3 is 2. The van der Waals surface area contributed by atoms with Crippen molar-refractivity contribution in [3.63, 3.8) is 0 Å². The number of thiophene rings is 1. The van der Waals surface area contributed by atoms with Gasteiger partial charge in [0.15, 0.2) is 0 Å². The van der Waals surface area contributed by atoms with Crippen LogP contribution < -0.4 is 10.5 Å². The molecule has 0 aliphatic carbocycles. The highest BCUT2D eigenvalue weighted by Crippen LogP contribution is 2.39. The largest absolute Gasteiger partial charge is 0.496 e. The third-order valence-corrected chi connectivity index (χ3v) is 3.72. The van der Waals surface area contributed by atoms with E-state index in [0.717, 1.165) is 11.3 Å². The predicted molar refractivity (Wildman–Crippen MR) is 72.0 cm³/mol. The van der Waals surface area contributed by atoms with Gasteiger partial charge in [0.25, 0.3) is 0 Å². The molecule has 1 aromatic heterocycles. The minimum Gasteiger partial charge on any atom is -0.496 e. The number of ether oxygens (including phenoxy) is 2. The fourth-order valence-electron chi connectivity index (χ4n) is 1.69. The summed E-state index contributed by atoms with van der Waals surface area (Å²) < 4.78 is 23.7. The average Bonchev–Trinajstić information content (AvgIpc) is 2.79. The fourth-order valence-corrected chi connectivity index (χ4v) is 2.74. The van der Waals surface area contributed by atoms with E-state index in [1.165, 1.54) is 26.4 Å². The fraction of sp³-hybridized carbons (Fsp3) is 0.154. The summed E-state index contributed by atoms with van der Waals surface area (Å²) in [5.41, 5.74) is 6.29. The highest BCUT2D eigenvalue weighted by Gasteiger charge is 2.19. The quantitative estimate of drug-likeness (QED) is 0.879. The first-order chi connectivity index (χ1) is 9.08. The van der Waals surface area contributed by atoms with Gasteiger partial charge >= 0.3 is 5.97 Å². The summed E-state index contributed by atoms with van der Waals surface area (Å²) in [5.74, 6) is -0.585. The molecule has 1 aromatic carbocycles. The van der Waals surface area contributed by atoms with Crippen LogP contribution in [0.1, 0.15) is 9.67 Å². The van der Waals surface area contributed by atoms with Crippen LogP contribution in [0.4, 0.5) is 10.1 Å². The minimum atomic E-state index is -0.538. The predicted octanol–water partition coefficient (Wildman–Crippen LogP) is 2.93. The first-order valence-electron chi connectivity index (χ1n) is 5.39. The second-order valence-corrected chi connectivity index (χ2v) is 4.76. The highest BCUT2D eigenvalue weighted by atomic mass is 32.1. The molecule has 2 N–H and O–H groups in total. The van der Waals surface area contributed by atoms with Crippen LogP contribution in [0.15, 0.2) is 24.3 Å². The van der Waals surface area contributed by atoms with E-state index >= 15 is 0 Å². The molecule has 4 nitrogen and oxygen atoms in total. The van der Waals surface area contributed by atoms with Gasteiger partial charge in [-0.05, 0) is 18.2 Å². The van der Waals surface area contributed by atoms with Gasteiger partial charge in [0.1, 0.15) is 16.4 Å². The van der Waals surface area contributed by atoms with Gasteiger partial charge in [-0.15, -0.1) is 11.3 Å². The lowest BCUT2D eigenvalue weighted by atomic mass is 10.1. The lowest BCUT2D eigenvalue weighted by Gasteiger charge is -2.07. The van der Waals surface area contributed by atoms with E-state index in [0.29, 0.717) is 10.6 Å². The Bertz CT molecular complexity index is 624. The maximum absolute atomic E-state index is 13.9. The first-order valence-corrected chi connectivity index (χ1v) is 6.20. The molecule has 0 radical (unpaired) electrons. The molecule has 0 atom stereocenters. The number of nitrogens with two attached hydrogens (primary N) is 1. The maximum Gasteiger partial charge on any atom is 0.350 e. The summed E-state index contributed by atoms with van der Waals surface area (Å²) in [7, 11) is 2.72. The van der Waals surface area contributed by atoms with Crippen molar-refractivity contribution in [2.24, 2.45) is 0 Å². The van der Waals surface area contributed by atoms with Crippen LogP contribution in [0.5, 0.6) is 5.75 Å². The van der Waals surface area contributed by atoms with Crippen LogP contribution in [-0.4, -0.2) is 20.2 Å². The van der Waals surface area contributed by atoms with Gasteiger partial charge in [-0.1, -0.05) is 6.07 Å². The number of rotatable bonds is 3. The second kappa shape index (κ2) is 5.27. The van der Waals surface area contributed by atoms with Crippen molar-refractivity contribution in [3.8, 4) is 16.2 Å². The number of anilines is 1. The zero-order chi connectivity index (χ0) is 14.0. The van der Waals surface area contributed by atoms with Crippen molar-refractivity contribution in [3.05, 3.63) is 35.0 Å². The van der Waals surface area contributed by atoms with Crippen LogP contribution in [0.3, 0.4) is 0 Å². The Kier molecular flexibility index (Phi) is 3.71. The number of esters is 1. The molecule has 2 aromatic rings. The first kappa shape index (κ1) is 13.4. The van der Waals surface area contributed by atoms with Crippen LogP contribution in [0, 0.1) is 5.82 Å². The van der Waals surface area contributed by atoms with Crippen LogP contribution in [0.2, 0.25) is 0 Å². The van der Waals surface area contributed by atoms with Gasteiger partial charge < -0.3 is 15.2 Å². The summed E-state index contributed by atoms with van der Waals surface area (Å²) in [6.07, 6.45) is 0. The van der Waals surface area contributed by atoms with Gasteiger partial charge in [-0.3, -0.25) is 0 Å². The molecule has 0 amide bonds. The zero-order valence-electron chi connectivity index (χ0n) is 10.4. The number of halogens is 1. The third-order valence-electron chi connectivity index (χ3n) is 2.57. The van der Waals surface area contributed by atoms with Gasteiger partial charge in [0.2, 0.25) is 0 Å². The molecule has 100 valence electrons. The van der Waals surface area contributed by atoms with Crippen molar-refractivity contribution in [2.45, 2.75) is 0 Å². The van der Waals surface area contributed by atoms with Crippen molar-refractivity contribution >= 4 is 23.0 Å². The molecule has 19 heavy (non-hydrogen) atoms. The average molecular weight is 281 g/mol. The highest BCUT2D eigenvalue weighted by molar-refractivity contribution is 7.18. The molecule has 0 bridgehead atoms. The number of carbonyl (C=O) groups excluding carboxylic acids is 1. The van der Waals surface area contributed by atoms with E-state index in [4.69, 9.17) is 10.5 Å². The summed E-state index contributed by atoms with van der Waals surface area (Å²) in [6, 6.07) is 6.06. The van der Waals surface area contributed by atoms with Gasteiger partial charge in [-0.2, -0.15) is 0 Å². The van der Waals surface area contributed by atoms with Crippen molar-refractivity contribution in [1.29, 1.82) is 0 Å². The molecule has 0 aliphatic heterocycles. The molecule has 0 saturated carbocycles. The molecule has 0 aliphatic rings. The summed E-state index contributed by atoms with van der Waals surface area (Å²) in [5, 5.41) is 0. The number of hydrogen-bond acceptors (Lipinski definition) is 5. The minimum absolute atomic E-state index is 0.253. The molecular formula is C13H12FNO3S. The van der Waals surface area contributed by atoms with Crippen LogP contribution in [-0.2, 0) is 4.74 Å². The molecule has 0 unspecified atom stereocenters. The number of hydrogen-bond donors (Lipinski definition) is 1. The second-order valence-electron chi connectivity index (χ2n) is 3.70. The van der Waals surface area contributed by atoms with Gasteiger partial charge in [0.05, 0.1) is 25.5 Å². The Morgan fingerprint density at radius 3 is 2.74 bits per heavy atom. The molecule has 0 saturated heterocycles. The molecule has 2 rings (SSSR count). The topological polar surface area (TPSA) is 61.5 Å². The summed E-state index contributed by atoms with van der Waals surface area (Å²) in [6.45, 7) is 0. The molecule has 1 heterocycles. The Labute approximate surface area is 113 Å². The van der Waals surface area contributed by atoms with E-state index in [1.807, 2.05) is 0 Å². The Balaban J connectivity index is 2.57. The third kappa shape index (κ3) is 2.39. The van der Waals surface area contributed by atoms with Crippen molar-refractivity contribution in [1.82, 2.24) is 0 Å². The van der Waals surface area contributed by atoms with E-state index in [-0.39, 0.29) is 16.1 Å². The normalized spacial score (nSPS) is 10.3. The zero-order valence-corrected chi connectivity index (χ0v) is 11.2. The maximum atomic E-state index is 13.9. The molecule has 0 spiro atoms. The van der Waals surface area contributed by atoms with Crippen LogP contribution in [0.25, 0.3) is 10.4 Å². The van der Waals surface area contributed by atoms with E-state index in [2.05, 4.69) is 4.74 Å². The molecule has 6 heteroatoms. The molecule has 0 fully saturated rings. The number of nitrogen functional groups attached to an aromatic ring is 1. The Morgan fingerprint density at radius 1 is 1.37 bits per heavy atom. The standard InChI is InChI=1S/C13H12FNO3S/c1-17-9-5-3-4-7(14)11(9)10-6-8(15)12(19-10)13(16)18-2/h3-6H,15H2,1-2H3. The Morgan fingerprint density at radius 2 is 2.11 bits per heavy atom. The van der Waals surface area contributed by atoms with Crippen molar-refractivity contribution < 1.29 is 18.7 Å². The lowest BCUT2D eigenvalue weighted by Crippen LogP contribution is -2.00. The SMILES string of the molecule is COC(=O)c1sc(-c2c(F)cccc2OC)cc1N. The monoisotopic (exact) mass is 281 g/mol. The summed E-state index contributed by atoms with van der Waals surface area (Å²) >= 11 is 1.07. The van der Waals surface area contributed by atoms with Crippen LogP contribution >= 0.6 is 11.3 Å². The van der Waals surface area contributed by atoms with E-state index in [1.54, 1.807) is 12.1 Å². The lowest BCUT2D eigenvalue weighted by molar-refractivity contribution is 0.0607. The van der Waals surface area contributed by atoms with Crippen molar-refractivity contribution in [2.75, 3.05) is 20.0 Å². The van der Waals surface area contributed by atoms with Gasteiger partial charge in [-0.25, -0.2) is 9.18 Å². The van der Waals surface area contributed by atoms with E-state index in [9.17, 15) is 9.18 Å². The van der Waals surface area contributed by atoms with E-state index < -0.39 is 11.8 Å². The smallest absolute Gasteiger partial charge is 0.350 e. The van der Waals surface area contributed by atoms with Gasteiger partial charge in [0, 0.05) is 4.88 Å². The molecular weight excluding hydrogens is 269 g/mol. The number of carbonyl (C=O) groups is 1. The number of benzene rings is 1.